The SMILES string of the molecule is CCNC(=NCc1ccc(C(F)(F)F)cc1)NCC(C)(C)N1CCOCC1.I. The average molecular weight is 514 g/mol. The number of nitrogens with one attached hydrogen (secondary N) is 2. The molecule has 9 heteroatoms. The molecule has 2 N–H and O–H groups in total. The van der Waals surface area contributed by atoms with Crippen LogP contribution < -0.4 is 10.6 Å². The molecule has 0 bridgehead atoms. The molecule has 160 valence electrons. The van der Waals surface area contributed by atoms with Crippen LogP contribution >= 0.6 is 24.0 Å². The first-order valence-electron chi connectivity index (χ1n) is 9.23. The van der Waals surface area contributed by atoms with Gasteiger partial charge in [0, 0.05) is 31.7 Å². The van der Waals surface area contributed by atoms with Crippen molar-refractivity contribution in [3.8, 4) is 0 Å². The molecule has 1 aromatic carbocycles. The van der Waals surface area contributed by atoms with Gasteiger partial charge in [0.1, 0.15) is 0 Å². The van der Waals surface area contributed by atoms with Crippen molar-refractivity contribution >= 4 is 29.9 Å². The van der Waals surface area contributed by atoms with Crippen LogP contribution in [0.1, 0.15) is 31.9 Å². The lowest BCUT2D eigenvalue weighted by atomic mass is 10.0. The summed E-state index contributed by atoms with van der Waals surface area (Å²) in [5.74, 6) is 0.652. The standard InChI is InChI=1S/C19H29F3N4O.HI/c1-4-23-17(25-14-18(2,3)26-9-11-27-12-10-26)24-13-15-5-7-16(8-6-15)19(20,21)22;/h5-8H,4,9-14H2,1-3H3,(H2,23,24,25);1H. The third kappa shape index (κ3) is 7.75. The van der Waals surface area contributed by atoms with Crippen LogP contribution in [-0.2, 0) is 17.5 Å². The molecule has 1 fully saturated rings. The van der Waals surface area contributed by atoms with E-state index in [2.05, 4.69) is 34.4 Å². The van der Waals surface area contributed by atoms with Crippen LogP contribution in [0.4, 0.5) is 13.2 Å². The molecule has 5 nitrogen and oxygen atoms in total. The van der Waals surface area contributed by atoms with Crippen molar-refractivity contribution in [3.63, 3.8) is 0 Å². The number of nitrogens with zero attached hydrogens (tertiary/aromatic N) is 2. The summed E-state index contributed by atoms with van der Waals surface area (Å²) in [4.78, 5) is 6.87. The second-order valence-corrected chi connectivity index (χ2v) is 7.16. The normalized spacial score (nSPS) is 16.4. The summed E-state index contributed by atoms with van der Waals surface area (Å²) < 4.78 is 43.3. The third-order valence-corrected chi connectivity index (χ3v) is 4.60. The summed E-state index contributed by atoms with van der Waals surface area (Å²) in [6, 6.07) is 5.11. The van der Waals surface area contributed by atoms with Gasteiger partial charge in [0.05, 0.1) is 25.3 Å². The van der Waals surface area contributed by atoms with Crippen molar-refractivity contribution < 1.29 is 17.9 Å². The summed E-state index contributed by atoms with van der Waals surface area (Å²) in [5.41, 5.74) is 0.0223. The first-order chi connectivity index (χ1) is 12.7. The van der Waals surface area contributed by atoms with Gasteiger partial charge in [-0.15, -0.1) is 24.0 Å². The number of benzene rings is 1. The molecule has 0 aliphatic carbocycles. The third-order valence-electron chi connectivity index (χ3n) is 4.60. The number of rotatable bonds is 6. The van der Waals surface area contributed by atoms with Crippen molar-refractivity contribution in [1.82, 2.24) is 15.5 Å². The van der Waals surface area contributed by atoms with Gasteiger partial charge < -0.3 is 15.4 Å². The van der Waals surface area contributed by atoms with Gasteiger partial charge in [-0.2, -0.15) is 13.2 Å². The summed E-state index contributed by atoms with van der Waals surface area (Å²) in [6.07, 6.45) is -4.32. The van der Waals surface area contributed by atoms with E-state index in [1.54, 1.807) is 0 Å². The second-order valence-electron chi connectivity index (χ2n) is 7.16. The molecule has 0 radical (unpaired) electrons. The highest BCUT2D eigenvalue weighted by atomic mass is 127. The van der Waals surface area contributed by atoms with Gasteiger partial charge in [0.25, 0.3) is 0 Å². The molecule has 1 heterocycles. The summed E-state index contributed by atoms with van der Waals surface area (Å²) >= 11 is 0. The van der Waals surface area contributed by atoms with Gasteiger partial charge in [-0.25, -0.2) is 4.99 Å². The van der Waals surface area contributed by atoms with E-state index >= 15 is 0 Å². The van der Waals surface area contributed by atoms with Crippen LogP contribution in [0.2, 0.25) is 0 Å². The predicted octanol–water partition coefficient (Wildman–Crippen LogP) is 3.49. The molecule has 0 amide bonds. The van der Waals surface area contributed by atoms with Crippen LogP contribution in [-0.4, -0.2) is 55.8 Å². The van der Waals surface area contributed by atoms with E-state index in [1.165, 1.54) is 12.1 Å². The lowest BCUT2D eigenvalue weighted by Gasteiger charge is -2.41. The Morgan fingerprint density at radius 2 is 1.71 bits per heavy atom. The molecule has 2 rings (SSSR count). The zero-order valence-electron chi connectivity index (χ0n) is 16.6. The van der Waals surface area contributed by atoms with Gasteiger partial charge in [-0.3, -0.25) is 4.90 Å². The molecular weight excluding hydrogens is 484 g/mol. The molecule has 1 aromatic rings. The van der Waals surface area contributed by atoms with Crippen molar-refractivity contribution in [2.75, 3.05) is 39.4 Å². The fraction of sp³-hybridized carbons (Fsp3) is 0.632. The zero-order chi connectivity index (χ0) is 19.9. The number of aliphatic imine (C=N–C) groups is 1. The fourth-order valence-electron chi connectivity index (χ4n) is 2.89. The largest absolute Gasteiger partial charge is 0.416 e. The quantitative estimate of drug-likeness (QED) is 0.347. The Morgan fingerprint density at radius 3 is 2.25 bits per heavy atom. The lowest BCUT2D eigenvalue weighted by molar-refractivity contribution is -0.137. The molecule has 1 aliphatic rings. The molecule has 0 spiro atoms. The number of morpholine rings is 1. The predicted molar refractivity (Wildman–Crippen MR) is 116 cm³/mol. The van der Waals surface area contributed by atoms with E-state index in [9.17, 15) is 13.2 Å². The molecular formula is C19H30F3IN4O. The topological polar surface area (TPSA) is 48.9 Å². The molecule has 1 saturated heterocycles. The molecule has 0 atom stereocenters. The van der Waals surface area contributed by atoms with Gasteiger partial charge >= 0.3 is 6.18 Å². The summed E-state index contributed by atoms with van der Waals surface area (Å²) in [5, 5.41) is 6.52. The van der Waals surface area contributed by atoms with Gasteiger partial charge in [0.2, 0.25) is 0 Å². The highest BCUT2D eigenvalue weighted by Crippen LogP contribution is 2.29. The van der Waals surface area contributed by atoms with Crippen LogP contribution in [0.15, 0.2) is 29.3 Å². The summed E-state index contributed by atoms with van der Waals surface area (Å²) in [7, 11) is 0. The van der Waals surface area contributed by atoms with E-state index in [0.717, 1.165) is 44.0 Å². The number of halogens is 4. The van der Waals surface area contributed by atoms with Crippen LogP contribution in [0.3, 0.4) is 0 Å². The monoisotopic (exact) mass is 514 g/mol. The maximum atomic E-state index is 12.6. The average Bonchev–Trinajstić information content (AvgIpc) is 2.64. The fourth-order valence-corrected chi connectivity index (χ4v) is 2.89. The highest BCUT2D eigenvalue weighted by Gasteiger charge is 2.30. The maximum absolute atomic E-state index is 12.6. The Hall–Kier alpha value is -1.07. The molecule has 28 heavy (non-hydrogen) atoms. The van der Waals surface area contributed by atoms with E-state index in [0.29, 0.717) is 25.6 Å². The Bertz CT molecular complexity index is 615. The Kier molecular flexibility index (Phi) is 9.99. The van der Waals surface area contributed by atoms with Crippen LogP contribution in [0.5, 0.6) is 0 Å². The molecule has 0 aromatic heterocycles. The van der Waals surface area contributed by atoms with E-state index in [4.69, 9.17) is 4.74 Å². The van der Waals surface area contributed by atoms with E-state index < -0.39 is 11.7 Å². The smallest absolute Gasteiger partial charge is 0.379 e. The van der Waals surface area contributed by atoms with Crippen molar-refractivity contribution in [1.29, 1.82) is 0 Å². The first kappa shape index (κ1) is 25.0. The minimum absolute atomic E-state index is 0. The minimum atomic E-state index is -4.32. The van der Waals surface area contributed by atoms with Gasteiger partial charge in [-0.1, -0.05) is 12.1 Å². The molecule has 0 saturated carbocycles. The van der Waals surface area contributed by atoms with E-state index in [-0.39, 0.29) is 29.5 Å². The Morgan fingerprint density at radius 1 is 1.11 bits per heavy atom. The van der Waals surface area contributed by atoms with Gasteiger partial charge in [0.15, 0.2) is 5.96 Å². The van der Waals surface area contributed by atoms with Crippen LogP contribution in [0, 0.1) is 0 Å². The van der Waals surface area contributed by atoms with Gasteiger partial charge in [-0.05, 0) is 38.5 Å². The Balaban J connectivity index is 0.00000392. The van der Waals surface area contributed by atoms with Crippen molar-refractivity contribution in [2.24, 2.45) is 4.99 Å². The number of hydrogen-bond acceptors (Lipinski definition) is 3. The number of ether oxygens (including phenoxy) is 1. The number of alkyl halides is 3. The lowest BCUT2D eigenvalue weighted by Crippen LogP contribution is -2.56. The van der Waals surface area contributed by atoms with E-state index in [1.807, 2.05) is 6.92 Å². The zero-order valence-corrected chi connectivity index (χ0v) is 18.9. The number of hydrogen-bond donors (Lipinski definition) is 2. The Labute approximate surface area is 182 Å². The maximum Gasteiger partial charge on any atom is 0.416 e. The highest BCUT2D eigenvalue weighted by molar-refractivity contribution is 14.0. The van der Waals surface area contributed by atoms with Crippen LogP contribution in [0.25, 0.3) is 0 Å². The number of guanidine groups is 1. The summed E-state index contributed by atoms with van der Waals surface area (Å²) in [6.45, 7) is 11.3. The van der Waals surface area contributed by atoms with Crippen molar-refractivity contribution in [2.45, 2.75) is 39.0 Å². The minimum Gasteiger partial charge on any atom is -0.379 e. The second kappa shape index (κ2) is 11.2. The first-order valence-corrected chi connectivity index (χ1v) is 9.23. The molecule has 1 aliphatic heterocycles. The molecule has 0 unspecified atom stereocenters. The van der Waals surface area contributed by atoms with Crippen molar-refractivity contribution in [3.05, 3.63) is 35.4 Å².